The highest BCUT2D eigenvalue weighted by Gasteiger charge is 2.21. The molecule has 0 unspecified atom stereocenters. The highest BCUT2D eigenvalue weighted by atomic mass is 16.6. The van der Waals surface area contributed by atoms with Crippen LogP contribution in [0.5, 0.6) is 5.75 Å². The third-order valence-electron chi connectivity index (χ3n) is 7.69. The van der Waals surface area contributed by atoms with Gasteiger partial charge in [0.1, 0.15) is 5.75 Å². The van der Waals surface area contributed by atoms with Crippen molar-refractivity contribution in [1.29, 1.82) is 0 Å². The van der Waals surface area contributed by atoms with Crippen molar-refractivity contribution >= 4 is 35.1 Å². The summed E-state index contributed by atoms with van der Waals surface area (Å²) in [6, 6.07) is 23.4. The molecule has 2 heterocycles. The molecule has 3 N–H and O–H groups in total. The van der Waals surface area contributed by atoms with E-state index in [1.165, 1.54) is 12.1 Å². The molecule has 1 saturated heterocycles. The van der Waals surface area contributed by atoms with Crippen LogP contribution in [0.1, 0.15) is 15.9 Å². The number of ether oxygens (including phenoxy) is 3. The van der Waals surface area contributed by atoms with Crippen molar-refractivity contribution in [1.82, 2.24) is 20.3 Å². The Labute approximate surface area is 284 Å². The Bertz CT molecular complexity index is 1620. The van der Waals surface area contributed by atoms with E-state index >= 15 is 0 Å². The first-order valence-corrected chi connectivity index (χ1v) is 16.1. The van der Waals surface area contributed by atoms with Crippen LogP contribution in [0, 0.1) is 10.1 Å². The molecule has 1 amide bonds. The van der Waals surface area contributed by atoms with Gasteiger partial charge in [-0.2, -0.15) is 15.0 Å². The van der Waals surface area contributed by atoms with Crippen LogP contribution in [0.15, 0.2) is 78.9 Å². The lowest BCUT2D eigenvalue weighted by molar-refractivity contribution is -0.384. The second kappa shape index (κ2) is 18.1. The van der Waals surface area contributed by atoms with Gasteiger partial charge < -0.3 is 40.0 Å². The number of nitro groups is 1. The maximum Gasteiger partial charge on any atom is 0.269 e. The number of methoxy groups -OCH3 is 1. The summed E-state index contributed by atoms with van der Waals surface area (Å²) in [5, 5.41) is 20.4. The molecule has 0 atom stereocenters. The van der Waals surface area contributed by atoms with Gasteiger partial charge in [-0.25, -0.2) is 0 Å². The largest absolute Gasteiger partial charge is 0.497 e. The number of carbonyl (C=O) groups is 1. The number of anilines is 4. The molecule has 49 heavy (non-hydrogen) atoms. The van der Waals surface area contributed by atoms with Crippen molar-refractivity contribution in [3.8, 4) is 5.75 Å². The molecule has 1 fully saturated rings. The number of hydrogen-bond acceptors (Lipinski definition) is 13. The molecule has 15 nitrogen and oxygen atoms in total. The van der Waals surface area contributed by atoms with E-state index in [0.717, 1.165) is 17.0 Å². The van der Waals surface area contributed by atoms with Crippen LogP contribution < -0.4 is 30.5 Å². The molecule has 1 aromatic heterocycles. The summed E-state index contributed by atoms with van der Waals surface area (Å²) >= 11 is 0. The molecule has 0 spiro atoms. The quantitative estimate of drug-likeness (QED) is 0.0798. The molecule has 3 aromatic carbocycles. The molecule has 5 rings (SSSR count). The number of nitro benzene ring substituents is 1. The van der Waals surface area contributed by atoms with Crippen LogP contribution in [-0.2, 0) is 16.0 Å². The zero-order valence-corrected chi connectivity index (χ0v) is 27.4. The number of hydrogen-bond donors (Lipinski definition) is 3. The van der Waals surface area contributed by atoms with Crippen molar-refractivity contribution < 1.29 is 23.9 Å². The molecule has 258 valence electrons. The number of aromatic nitrogens is 3. The Morgan fingerprint density at radius 1 is 0.776 bits per heavy atom. The van der Waals surface area contributed by atoms with Crippen molar-refractivity contribution in [3.63, 3.8) is 0 Å². The third kappa shape index (κ3) is 10.7. The van der Waals surface area contributed by atoms with Gasteiger partial charge in [-0.15, -0.1) is 0 Å². The van der Waals surface area contributed by atoms with Crippen molar-refractivity contribution in [2.75, 3.05) is 93.2 Å². The minimum absolute atomic E-state index is 0.0717. The number of benzene rings is 3. The van der Waals surface area contributed by atoms with Crippen molar-refractivity contribution in [3.05, 3.63) is 100 Å². The lowest BCUT2D eigenvalue weighted by atomic mass is 10.2. The van der Waals surface area contributed by atoms with Crippen LogP contribution in [0.25, 0.3) is 0 Å². The fourth-order valence-corrected chi connectivity index (χ4v) is 5.02. The molecule has 4 aromatic rings. The summed E-state index contributed by atoms with van der Waals surface area (Å²) in [6.07, 6.45) is 0. The lowest BCUT2D eigenvalue weighted by Gasteiger charge is -2.36. The van der Waals surface area contributed by atoms with Crippen LogP contribution in [0.3, 0.4) is 0 Å². The SMILES string of the molecule is COc1ccc(CNc2nc(NCCOCCOCCNC(=O)c3ccccc3)nc(N3CCN(c4ccc([N+](=O)[O-])cc4)CC3)n2)cc1. The monoisotopic (exact) mass is 671 g/mol. The zero-order chi connectivity index (χ0) is 34.3. The molecule has 0 bridgehead atoms. The fourth-order valence-electron chi connectivity index (χ4n) is 5.02. The molecule has 1 aliphatic rings. The van der Waals surface area contributed by atoms with E-state index in [1.54, 1.807) is 31.4 Å². The van der Waals surface area contributed by atoms with Gasteiger partial charge in [0.25, 0.3) is 11.6 Å². The number of nitrogens with one attached hydrogen (secondary N) is 3. The summed E-state index contributed by atoms with van der Waals surface area (Å²) < 4.78 is 16.5. The molecule has 0 aliphatic carbocycles. The molecule has 15 heteroatoms. The standard InChI is InChI=1S/C34H41N9O6/c1-47-30-13-7-26(8-14-30)25-37-33-38-32(36-16-22-49-24-23-48-21-15-35-31(44)27-5-3-2-4-6-27)39-34(40-33)42-19-17-41(18-20-42)28-9-11-29(12-10-28)43(45)46/h2-14H,15-25H2,1H3,(H,35,44)(H2,36,37,38,39,40). The first-order valence-electron chi connectivity index (χ1n) is 16.1. The van der Waals surface area contributed by atoms with Crippen LogP contribution in [0.4, 0.5) is 29.2 Å². The molecular weight excluding hydrogens is 630 g/mol. The lowest BCUT2D eigenvalue weighted by Crippen LogP contribution is -2.47. The second-order valence-electron chi connectivity index (χ2n) is 11.0. The predicted octanol–water partition coefficient (Wildman–Crippen LogP) is 3.60. The van der Waals surface area contributed by atoms with E-state index < -0.39 is 4.92 Å². The smallest absolute Gasteiger partial charge is 0.269 e. The zero-order valence-electron chi connectivity index (χ0n) is 27.4. The summed E-state index contributed by atoms with van der Waals surface area (Å²) in [5.41, 5.74) is 2.67. The predicted molar refractivity (Wildman–Crippen MR) is 187 cm³/mol. The number of rotatable bonds is 18. The van der Waals surface area contributed by atoms with Crippen molar-refractivity contribution in [2.45, 2.75) is 6.54 Å². The number of piperazine rings is 1. The van der Waals surface area contributed by atoms with E-state index in [2.05, 4.69) is 30.7 Å². The van der Waals surface area contributed by atoms with Gasteiger partial charge in [-0.05, 0) is 42.0 Å². The summed E-state index contributed by atoms with van der Waals surface area (Å²) in [7, 11) is 1.63. The van der Waals surface area contributed by atoms with Crippen LogP contribution in [-0.4, -0.2) is 98.6 Å². The van der Waals surface area contributed by atoms with Gasteiger partial charge in [0.2, 0.25) is 17.8 Å². The number of amides is 1. The minimum atomic E-state index is -0.395. The Morgan fingerprint density at radius 2 is 1.41 bits per heavy atom. The average Bonchev–Trinajstić information content (AvgIpc) is 3.15. The molecule has 1 aliphatic heterocycles. The maximum absolute atomic E-state index is 12.1. The van der Waals surface area contributed by atoms with Crippen LogP contribution in [0.2, 0.25) is 0 Å². The third-order valence-corrected chi connectivity index (χ3v) is 7.69. The molecule has 0 radical (unpaired) electrons. The Balaban J connectivity index is 1.09. The van der Waals surface area contributed by atoms with E-state index in [0.29, 0.717) is 95.6 Å². The van der Waals surface area contributed by atoms with Gasteiger partial charge in [0, 0.05) is 69.2 Å². The fraction of sp³-hybridized carbons (Fsp3) is 0.353. The highest BCUT2D eigenvalue weighted by Crippen LogP contribution is 2.23. The summed E-state index contributed by atoms with van der Waals surface area (Å²) in [4.78, 5) is 41.0. The Kier molecular flexibility index (Phi) is 12.9. The number of non-ortho nitro benzene ring substituents is 1. The number of nitrogens with zero attached hydrogens (tertiary/aromatic N) is 6. The van der Waals surface area contributed by atoms with E-state index in [9.17, 15) is 14.9 Å². The Morgan fingerprint density at radius 3 is 2.06 bits per heavy atom. The summed E-state index contributed by atoms with van der Waals surface area (Å²) in [6.45, 7) is 5.76. The molecular formula is C34H41N9O6. The average molecular weight is 672 g/mol. The highest BCUT2D eigenvalue weighted by molar-refractivity contribution is 5.94. The van der Waals surface area contributed by atoms with E-state index in [1.807, 2.05) is 42.5 Å². The van der Waals surface area contributed by atoms with Gasteiger partial charge in [-0.3, -0.25) is 14.9 Å². The minimum Gasteiger partial charge on any atom is -0.497 e. The van der Waals surface area contributed by atoms with Gasteiger partial charge in [0.05, 0.1) is 38.5 Å². The van der Waals surface area contributed by atoms with Crippen LogP contribution >= 0.6 is 0 Å². The topological polar surface area (TPSA) is 169 Å². The maximum atomic E-state index is 12.1. The second-order valence-corrected chi connectivity index (χ2v) is 11.0. The first-order chi connectivity index (χ1) is 24.0. The van der Waals surface area contributed by atoms with Gasteiger partial charge in [0.15, 0.2) is 0 Å². The van der Waals surface area contributed by atoms with Gasteiger partial charge in [-0.1, -0.05) is 30.3 Å². The van der Waals surface area contributed by atoms with E-state index in [-0.39, 0.29) is 11.6 Å². The van der Waals surface area contributed by atoms with Gasteiger partial charge >= 0.3 is 0 Å². The first kappa shape index (κ1) is 34.8. The van der Waals surface area contributed by atoms with E-state index in [4.69, 9.17) is 24.2 Å². The number of carbonyl (C=O) groups excluding carboxylic acids is 1. The molecule has 0 saturated carbocycles. The Hall–Kier alpha value is -5.54. The van der Waals surface area contributed by atoms with Crippen molar-refractivity contribution in [2.24, 2.45) is 0 Å². The normalized spacial score (nSPS) is 12.8. The summed E-state index contributed by atoms with van der Waals surface area (Å²) in [5.74, 6) is 2.07.